The lowest BCUT2D eigenvalue weighted by molar-refractivity contribution is -0.193. The first-order valence-corrected chi connectivity index (χ1v) is 10.9. The fourth-order valence-corrected chi connectivity index (χ4v) is 8.48. The second-order valence-corrected chi connectivity index (χ2v) is 11.1. The molecule has 0 aromatic carbocycles. The first kappa shape index (κ1) is 17.9. The maximum absolute atomic E-state index is 11.6. The molecule has 142 valence electrons. The fraction of sp³-hybridized carbons (Fsp3) is 0.957. The minimum absolute atomic E-state index is 0.102. The van der Waals surface area contributed by atoms with Gasteiger partial charge in [0.25, 0.3) is 0 Å². The van der Waals surface area contributed by atoms with Crippen LogP contribution in [0, 0.1) is 39.9 Å². The molecule has 0 aliphatic heterocycles. The van der Waals surface area contributed by atoms with E-state index in [1.165, 1.54) is 51.4 Å². The molecule has 2 heteroatoms. The Morgan fingerprint density at radius 3 is 2.36 bits per heavy atom. The Labute approximate surface area is 154 Å². The average molecular weight is 347 g/mol. The van der Waals surface area contributed by atoms with Gasteiger partial charge in [0.05, 0.1) is 0 Å². The van der Waals surface area contributed by atoms with Gasteiger partial charge in [0.1, 0.15) is 6.10 Å². The van der Waals surface area contributed by atoms with Crippen LogP contribution in [0.3, 0.4) is 0 Å². The summed E-state index contributed by atoms with van der Waals surface area (Å²) in [7, 11) is 0. The monoisotopic (exact) mass is 346 g/mol. The Morgan fingerprint density at radius 2 is 1.64 bits per heavy atom. The minimum atomic E-state index is -0.102. The van der Waals surface area contributed by atoms with Crippen LogP contribution in [-0.4, -0.2) is 12.1 Å². The highest BCUT2D eigenvalue weighted by atomic mass is 16.5. The fourth-order valence-electron chi connectivity index (χ4n) is 8.48. The van der Waals surface area contributed by atoms with Gasteiger partial charge in [-0.3, -0.25) is 4.79 Å². The van der Waals surface area contributed by atoms with Crippen molar-refractivity contribution in [1.29, 1.82) is 0 Å². The molecular weight excluding hydrogens is 308 g/mol. The van der Waals surface area contributed by atoms with Gasteiger partial charge in [0.2, 0.25) is 0 Å². The molecule has 7 atom stereocenters. The highest BCUT2D eigenvalue weighted by Gasteiger charge is 2.62. The first-order valence-electron chi connectivity index (χ1n) is 10.9. The number of carbonyl (C=O) groups is 1. The third-order valence-electron chi connectivity index (χ3n) is 9.63. The number of rotatable bonds is 1. The van der Waals surface area contributed by atoms with Gasteiger partial charge in [0.15, 0.2) is 0 Å². The van der Waals surface area contributed by atoms with Crippen molar-refractivity contribution in [2.75, 3.05) is 0 Å². The molecule has 4 saturated carbocycles. The molecule has 0 N–H and O–H groups in total. The molecule has 0 unspecified atom stereocenters. The highest BCUT2D eigenvalue weighted by molar-refractivity contribution is 5.66. The second kappa shape index (κ2) is 5.73. The summed E-state index contributed by atoms with van der Waals surface area (Å²) in [6, 6.07) is 0. The summed E-state index contributed by atoms with van der Waals surface area (Å²) in [4.78, 5) is 11.6. The standard InChI is InChI=1S/C23H38O2/c1-15(24)25-20-11-14-23(5)18-10-13-22(4)12-6-7-17(22)16(18)8-9-19(23)21(20,2)3/h16-20H,6-14H2,1-5H3/t16-,17-,18-,19-,20-,22-,23+/m0/s1. The topological polar surface area (TPSA) is 26.3 Å². The molecule has 0 spiro atoms. The number of ether oxygens (including phenoxy) is 1. The van der Waals surface area contributed by atoms with Gasteiger partial charge < -0.3 is 4.74 Å². The van der Waals surface area contributed by atoms with Crippen LogP contribution in [0.25, 0.3) is 0 Å². The first-order chi connectivity index (χ1) is 11.7. The van der Waals surface area contributed by atoms with Crippen LogP contribution in [0.15, 0.2) is 0 Å². The van der Waals surface area contributed by atoms with Crippen molar-refractivity contribution in [3.63, 3.8) is 0 Å². The number of hydrogen-bond donors (Lipinski definition) is 0. The molecule has 0 radical (unpaired) electrons. The van der Waals surface area contributed by atoms with Crippen molar-refractivity contribution < 1.29 is 9.53 Å². The Kier molecular flexibility index (Phi) is 4.10. The number of fused-ring (bicyclic) bond motifs is 5. The van der Waals surface area contributed by atoms with Crippen LogP contribution in [-0.2, 0) is 9.53 Å². The molecule has 25 heavy (non-hydrogen) atoms. The van der Waals surface area contributed by atoms with Crippen LogP contribution < -0.4 is 0 Å². The largest absolute Gasteiger partial charge is 0.462 e. The zero-order valence-electron chi connectivity index (χ0n) is 17.1. The molecule has 0 amide bonds. The summed E-state index contributed by atoms with van der Waals surface area (Å²) in [5.74, 6) is 3.45. The Hall–Kier alpha value is -0.530. The molecule has 0 aromatic rings. The predicted molar refractivity (Wildman–Crippen MR) is 101 cm³/mol. The van der Waals surface area contributed by atoms with Gasteiger partial charge in [-0.25, -0.2) is 0 Å². The molecule has 2 nitrogen and oxygen atoms in total. The number of hydrogen-bond acceptors (Lipinski definition) is 2. The third kappa shape index (κ3) is 2.52. The second-order valence-electron chi connectivity index (χ2n) is 11.1. The van der Waals surface area contributed by atoms with Crippen molar-refractivity contribution in [1.82, 2.24) is 0 Å². The van der Waals surface area contributed by atoms with E-state index in [1.54, 1.807) is 6.92 Å². The molecule has 0 heterocycles. The molecule has 4 rings (SSSR count). The van der Waals surface area contributed by atoms with Crippen LogP contribution in [0.4, 0.5) is 0 Å². The molecule has 0 aromatic heterocycles. The predicted octanol–water partition coefficient (Wildman–Crippen LogP) is 5.99. The molecular formula is C23H38O2. The Morgan fingerprint density at radius 1 is 0.880 bits per heavy atom. The molecule has 0 bridgehead atoms. The van der Waals surface area contributed by atoms with Gasteiger partial charge in [-0.15, -0.1) is 0 Å². The van der Waals surface area contributed by atoms with Crippen molar-refractivity contribution in [3.05, 3.63) is 0 Å². The van der Waals surface area contributed by atoms with Gasteiger partial charge in [-0.2, -0.15) is 0 Å². The van der Waals surface area contributed by atoms with Crippen LogP contribution in [0.2, 0.25) is 0 Å². The molecule has 4 aliphatic carbocycles. The van der Waals surface area contributed by atoms with E-state index in [-0.39, 0.29) is 17.5 Å². The highest BCUT2D eigenvalue weighted by Crippen LogP contribution is 2.68. The van der Waals surface area contributed by atoms with E-state index >= 15 is 0 Å². The van der Waals surface area contributed by atoms with Gasteiger partial charge in [-0.1, -0.05) is 34.1 Å². The molecule has 4 fully saturated rings. The summed E-state index contributed by atoms with van der Waals surface area (Å²) in [6.45, 7) is 11.5. The van der Waals surface area contributed by atoms with Gasteiger partial charge in [-0.05, 0) is 85.9 Å². The minimum Gasteiger partial charge on any atom is -0.462 e. The number of esters is 1. The zero-order valence-corrected chi connectivity index (χ0v) is 17.1. The van der Waals surface area contributed by atoms with E-state index in [0.29, 0.717) is 16.7 Å². The summed E-state index contributed by atoms with van der Waals surface area (Å²) < 4.78 is 5.78. The van der Waals surface area contributed by atoms with Crippen molar-refractivity contribution in [3.8, 4) is 0 Å². The SMILES string of the molecule is CC(=O)O[C@H]1CC[C@]2(C)[C@H]3CC[C@]4(C)CCC[C@H]4[C@@H]3CC[C@H]2C1(C)C. The summed E-state index contributed by atoms with van der Waals surface area (Å²) >= 11 is 0. The third-order valence-corrected chi connectivity index (χ3v) is 9.63. The molecule has 4 aliphatic rings. The van der Waals surface area contributed by atoms with Gasteiger partial charge in [0, 0.05) is 12.3 Å². The van der Waals surface area contributed by atoms with E-state index in [4.69, 9.17) is 4.74 Å². The van der Waals surface area contributed by atoms with E-state index < -0.39 is 0 Å². The normalized spacial score (nSPS) is 51.2. The van der Waals surface area contributed by atoms with E-state index in [2.05, 4.69) is 27.7 Å². The summed E-state index contributed by atoms with van der Waals surface area (Å²) in [6.07, 6.45) is 12.5. The van der Waals surface area contributed by atoms with E-state index in [9.17, 15) is 4.79 Å². The van der Waals surface area contributed by atoms with Crippen LogP contribution >= 0.6 is 0 Å². The Bertz CT molecular complexity index is 552. The maximum atomic E-state index is 11.6. The smallest absolute Gasteiger partial charge is 0.302 e. The van der Waals surface area contributed by atoms with Gasteiger partial charge >= 0.3 is 5.97 Å². The van der Waals surface area contributed by atoms with Crippen molar-refractivity contribution in [2.45, 2.75) is 98.5 Å². The summed E-state index contributed by atoms with van der Waals surface area (Å²) in [5.41, 5.74) is 1.21. The number of carbonyl (C=O) groups excluding carboxylic acids is 1. The zero-order chi connectivity index (χ0) is 18.0. The Balaban J connectivity index is 1.62. The maximum Gasteiger partial charge on any atom is 0.302 e. The molecule has 0 saturated heterocycles. The van der Waals surface area contributed by atoms with E-state index in [1.807, 2.05) is 0 Å². The van der Waals surface area contributed by atoms with Crippen molar-refractivity contribution in [2.24, 2.45) is 39.9 Å². The summed E-state index contributed by atoms with van der Waals surface area (Å²) in [5, 5.41) is 0. The quantitative estimate of drug-likeness (QED) is 0.545. The lowest BCUT2D eigenvalue weighted by Crippen LogP contribution is -2.59. The van der Waals surface area contributed by atoms with Crippen LogP contribution in [0.1, 0.15) is 92.4 Å². The van der Waals surface area contributed by atoms with E-state index in [0.717, 1.165) is 24.2 Å². The lowest BCUT2D eigenvalue weighted by Gasteiger charge is -2.64. The average Bonchev–Trinajstić information content (AvgIpc) is 2.92. The van der Waals surface area contributed by atoms with Crippen molar-refractivity contribution >= 4 is 5.97 Å². The lowest BCUT2D eigenvalue weighted by atomic mass is 9.41. The van der Waals surface area contributed by atoms with Crippen LogP contribution in [0.5, 0.6) is 0 Å².